The number of nitrogens with one attached hydrogen (secondary N) is 1. The van der Waals surface area contributed by atoms with Gasteiger partial charge in [0, 0.05) is 38.1 Å². The van der Waals surface area contributed by atoms with Crippen molar-refractivity contribution in [3.05, 3.63) is 23.8 Å². The standard InChI is InChI=1S/C14H22N2O/c1-3-16(9-10-17-2)13-7-6-12-5-4-8-15-14(12)11-13/h6-7,11,15H,3-5,8-10H2,1-2H3. The minimum atomic E-state index is 0.776. The molecule has 0 saturated carbocycles. The number of aryl methyl sites for hydroxylation is 1. The first kappa shape index (κ1) is 12.2. The Morgan fingerprint density at radius 1 is 1.41 bits per heavy atom. The fraction of sp³-hybridized carbons (Fsp3) is 0.571. The molecule has 0 unspecified atom stereocenters. The maximum absolute atomic E-state index is 5.15. The number of hydrogen-bond acceptors (Lipinski definition) is 3. The lowest BCUT2D eigenvalue weighted by molar-refractivity contribution is 0.205. The molecule has 0 spiro atoms. The largest absolute Gasteiger partial charge is 0.385 e. The van der Waals surface area contributed by atoms with Gasteiger partial charge in [0.2, 0.25) is 0 Å². The molecule has 0 bridgehead atoms. The Labute approximate surface area is 104 Å². The molecule has 1 aromatic carbocycles. The topological polar surface area (TPSA) is 24.5 Å². The van der Waals surface area contributed by atoms with Crippen LogP contribution in [0, 0.1) is 0 Å². The molecule has 1 aliphatic rings. The van der Waals surface area contributed by atoms with Crippen LogP contribution in [0.25, 0.3) is 0 Å². The minimum absolute atomic E-state index is 0.776. The maximum Gasteiger partial charge on any atom is 0.0637 e. The number of anilines is 2. The van der Waals surface area contributed by atoms with Crippen LogP contribution in [0.4, 0.5) is 11.4 Å². The molecule has 1 aliphatic heterocycles. The van der Waals surface area contributed by atoms with Crippen molar-refractivity contribution in [3.8, 4) is 0 Å². The first-order chi connectivity index (χ1) is 8.35. The van der Waals surface area contributed by atoms with E-state index >= 15 is 0 Å². The molecule has 2 rings (SSSR count). The molecule has 0 radical (unpaired) electrons. The zero-order valence-electron chi connectivity index (χ0n) is 10.8. The van der Waals surface area contributed by atoms with Gasteiger partial charge in [0.1, 0.15) is 0 Å². The van der Waals surface area contributed by atoms with Crippen LogP contribution in [0.15, 0.2) is 18.2 Å². The highest BCUT2D eigenvalue weighted by molar-refractivity contribution is 5.63. The molecule has 0 fully saturated rings. The summed E-state index contributed by atoms with van der Waals surface area (Å²) in [5.41, 5.74) is 4.05. The molecule has 3 heteroatoms. The monoisotopic (exact) mass is 234 g/mol. The Kier molecular flexibility index (Phi) is 4.26. The second-order valence-electron chi connectivity index (χ2n) is 4.44. The Balaban J connectivity index is 2.13. The van der Waals surface area contributed by atoms with E-state index < -0.39 is 0 Å². The molecule has 0 amide bonds. The van der Waals surface area contributed by atoms with Crippen LogP contribution < -0.4 is 10.2 Å². The van der Waals surface area contributed by atoms with Gasteiger partial charge >= 0.3 is 0 Å². The average Bonchev–Trinajstić information content (AvgIpc) is 2.39. The van der Waals surface area contributed by atoms with Gasteiger partial charge in [-0.1, -0.05) is 6.07 Å². The van der Waals surface area contributed by atoms with E-state index in [1.807, 2.05) is 0 Å². The average molecular weight is 234 g/mol. The molecule has 0 aliphatic carbocycles. The summed E-state index contributed by atoms with van der Waals surface area (Å²) in [5, 5.41) is 3.48. The second-order valence-corrected chi connectivity index (χ2v) is 4.44. The van der Waals surface area contributed by atoms with Crippen molar-refractivity contribution >= 4 is 11.4 Å². The van der Waals surface area contributed by atoms with E-state index in [0.29, 0.717) is 0 Å². The van der Waals surface area contributed by atoms with Gasteiger partial charge in [-0.15, -0.1) is 0 Å². The molecule has 0 aromatic heterocycles. The van der Waals surface area contributed by atoms with Crippen LogP contribution in [0.2, 0.25) is 0 Å². The predicted octanol–water partition coefficient (Wildman–Crippen LogP) is 2.52. The van der Waals surface area contributed by atoms with Crippen LogP contribution >= 0.6 is 0 Å². The summed E-state index contributed by atoms with van der Waals surface area (Å²) in [7, 11) is 1.75. The molecule has 0 atom stereocenters. The van der Waals surface area contributed by atoms with E-state index in [2.05, 4.69) is 35.3 Å². The Morgan fingerprint density at radius 3 is 3.06 bits per heavy atom. The van der Waals surface area contributed by atoms with Crippen molar-refractivity contribution in [2.45, 2.75) is 19.8 Å². The van der Waals surface area contributed by atoms with Crippen LogP contribution in [-0.2, 0) is 11.2 Å². The number of benzene rings is 1. The number of methoxy groups -OCH3 is 1. The number of nitrogens with zero attached hydrogens (tertiary/aromatic N) is 1. The Hall–Kier alpha value is -1.22. The fourth-order valence-corrected chi connectivity index (χ4v) is 2.32. The third-order valence-corrected chi connectivity index (χ3v) is 3.34. The molecular formula is C14H22N2O. The summed E-state index contributed by atoms with van der Waals surface area (Å²) in [6, 6.07) is 6.75. The van der Waals surface area contributed by atoms with Crippen molar-refractivity contribution in [3.63, 3.8) is 0 Å². The molecule has 0 saturated heterocycles. The number of fused-ring (bicyclic) bond motifs is 1. The van der Waals surface area contributed by atoms with E-state index in [4.69, 9.17) is 4.74 Å². The zero-order chi connectivity index (χ0) is 12.1. The second kappa shape index (κ2) is 5.92. The zero-order valence-corrected chi connectivity index (χ0v) is 10.8. The predicted molar refractivity (Wildman–Crippen MR) is 73.0 cm³/mol. The summed E-state index contributed by atoms with van der Waals surface area (Å²) >= 11 is 0. The summed E-state index contributed by atoms with van der Waals surface area (Å²) in [4.78, 5) is 2.35. The maximum atomic E-state index is 5.15. The fourth-order valence-electron chi connectivity index (χ4n) is 2.32. The van der Waals surface area contributed by atoms with E-state index in [9.17, 15) is 0 Å². The number of rotatable bonds is 5. The summed E-state index contributed by atoms with van der Waals surface area (Å²) < 4.78 is 5.15. The highest BCUT2D eigenvalue weighted by atomic mass is 16.5. The van der Waals surface area contributed by atoms with Crippen molar-refractivity contribution in [2.24, 2.45) is 0 Å². The Bertz CT molecular complexity index is 365. The first-order valence-corrected chi connectivity index (χ1v) is 6.46. The smallest absolute Gasteiger partial charge is 0.0637 e. The van der Waals surface area contributed by atoms with Crippen molar-refractivity contribution < 1.29 is 4.74 Å². The normalized spacial score (nSPS) is 14.0. The molecule has 1 N–H and O–H groups in total. The third kappa shape index (κ3) is 2.91. The van der Waals surface area contributed by atoms with Crippen molar-refractivity contribution in [1.29, 1.82) is 0 Å². The molecule has 17 heavy (non-hydrogen) atoms. The van der Waals surface area contributed by atoms with Crippen molar-refractivity contribution in [2.75, 3.05) is 43.6 Å². The van der Waals surface area contributed by atoms with E-state index in [0.717, 1.165) is 26.2 Å². The van der Waals surface area contributed by atoms with Gasteiger partial charge < -0.3 is 15.0 Å². The van der Waals surface area contributed by atoms with Gasteiger partial charge in [-0.05, 0) is 37.5 Å². The lowest BCUT2D eigenvalue weighted by Crippen LogP contribution is -2.27. The highest BCUT2D eigenvalue weighted by Gasteiger charge is 2.11. The van der Waals surface area contributed by atoms with Crippen LogP contribution in [0.1, 0.15) is 18.9 Å². The highest BCUT2D eigenvalue weighted by Crippen LogP contribution is 2.27. The van der Waals surface area contributed by atoms with Crippen LogP contribution in [-0.4, -0.2) is 33.4 Å². The van der Waals surface area contributed by atoms with Gasteiger partial charge in [-0.25, -0.2) is 0 Å². The molecule has 1 aromatic rings. The Morgan fingerprint density at radius 2 is 2.29 bits per heavy atom. The van der Waals surface area contributed by atoms with Gasteiger partial charge in [-0.3, -0.25) is 0 Å². The van der Waals surface area contributed by atoms with Gasteiger partial charge in [0.15, 0.2) is 0 Å². The molecule has 3 nitrogen and oxygen atoms in total. The molecule has 1 heterocycles. The third-order valence-electron chi connectivity index (χ3n) is 3.34. The summed E-state index contributed by atoms with van der Waals surface area (Å²) in [5.74, 6) is 0. The first-order valence-electron chi connectivity index (χ1n) is 6.46. The molecular weight excluding hydrogens is 212 g/mol. The minimum Gasteiger partial charge on any atom is -0.385 e. The van der Waals surface area contributed by atoms with Crippen molar-refractivity contribution in [1.82, 2.24) is 0 Å². The number of hydrogen-bond donors (Lipinski definition) is 1. The van der Waals surface area contributed by atoms with E-state index in [-0.39, 0.29) is 0 Å². The lowest BCUT2D eigenvalue weighted by Gasteiger charge is -2.25. The number of likely N-dealkylation sites (N-methyl/N-ethyl adjacent to an activating group) is 1. The van der Waals surface area contributed by atoms with Crippen LogP contribution in [0.5, 0.6) is 0 Å². The SMILES string of the molecule is CCN(CCOC)c1ccc2c(c1)NCCC2. The van der Waals surface area contributed by atoms with E-state index in [1.165, 1.54) is 29.8 Å². The number of ether oxygens (including phenoxy) is 1. The van der Waals surface area contributed by atoms with Gasteiger partial charge in [-0.2, -0.15) is 0 Å². The van der Waals surface area contributed by atoms with E-state index in [1.54, 1.807) is 7.11 Å². The quantitative estimate of drug-likeness (QED) is 0.847. The molecule has 94 valence electrons. The summed E-state index contributed by atoms with van der Waals surface area (Å²) in [6.07, 6.45) is 2.44. The lowest BCUT2D eigenvalue weighted by atomic mass is 10.0. The van der Waals surface area contributed by atoms with Gasteiger partial charge in [0.25, 0.3) is 0 Å². The van der Waals surface area contributed by atoms with Gasteiger partial charge in [0.05, 0.1) is 6.61 Å². The van der Waals surface area contributed by atoms with Crippen LogP contribution in [0.3, 0.4) is 0 Å². The summed E-state index contributed by atoms with van der Waals surface area (Å²) in [6.45, 7) is 6.02.